The summed E-state index contributed by atoms with van der Waals surface area (Å²) in [7, 11) is 1.79. The van der Waals surface area contributed by atoms with Crippen LogP contribution in [0.25, 0.3) is 0 Å². The minimum absolute atomic E-state index is 0.0910. The van der Waals surface area contributed by atoms with Crippen molar-refractivity contribution < 1.29 is 13.9 Å². The van der Waals surface area contributed by atoms with Crippen LogP contribution in [-0.4, -0.2) is 42.8 Å². The molecule has 1 saturated heterocycles. The lowest BCUT2D eigenvalue weighted by molar-refractivity contribution is 0.0278. The van der Waals surface area contributed by atoms with Gasteiger partial charge in [-0.05, 0) is 50.0 Å². The van der Waals surface area contributed by atoms with Gasteiger partial charge in [0.05, 0.1) is 6.10 Å². The number of β-amino-alcohol motifs (C(OH)–C–C–N with tert-alkyl or cyclic N) is 1. The third-order valence-electron chi connectivity index (χ3n) is 4.37. The Morgan fingerprint density at radius 2 is 2.00 bits per heavy atom. The zero-order chi connectivity index (χ0) is 15.4. The molecule has 0 aliphatic carbocycles. The third kappa shape index (κ3) is 4.46. The lowest BCUT2D eigenvalue weighted by Gasteiger charge is -2.35. The van der Waals surface area contributed by atoms with Crippen LogP contribution < -0.4 is 5.32 Å². The zero-order valence-electron chi connectivity index (χ0n) is 12.6. The van der Waals surface area contributed by atoms with Crippen molar-refractivity contribution in [3.8, 4) is 0 Å². The van der Waals surface area contributed by atoms with E-state index in [0.29, 0.717) is 18.0 Å². The van der Waals surface area contributed by atoms with E-state index in [1.54, 1.807) is 7.05 Å². The maximum Gasteiger partial charge on any atom is 0.126 e. The number of piperidine rings is 1. The molecule has 3 unspecified atom stereocenters. The molecule has 1 fully saturated rings. The van der Waals surface area contributed by atoms with Gasteiger partial charge in [0.15, 0.2) is 0 Å². The smallest absolute Gasteiger partial charge is 0.126 e. The summed E-state index contributed by atoms with van der Waals surface area (Å²) in [5.74, 6) is -0.751. The van der Waals surface area contributed by atoms with Gasteiger partial charge >= 0.3 is 0 Å². The van der Waals surface area contributed by atoms with Gasteiger partial charge in [-0.3, -0.25) is 0 Å². The summed E-state index contributed by atoms with van der Waals surface area (Å²) in [6.07, 6.45) is 1.46. The molecule has 3 nitrogen and oxygen atoms in total. The van der Waals surface area contributed by atoms with Crippen LogP contribution in [0.15, 0.2) is 18.2 Å². The van der Waals surface area contributed by atoms with Crippen molar-refractivity contribution in [2.24, 2.45) is 5.92 Å². The van der Waals surface area contributed by atoms with Gasteiger partial charge in [-0.1, -0.05) is 6.92 Å². The van der Waals surface area contributed by atoms with Gasteiger partial charge in [-0.25, -0.2) is 8.78 Å². The number of aliphatic hydroxyl groups is 1. The molecule has 0 amide bonds. The predicted molar refractivity (Wildman–Crippen MR) is 79.0 cm³/mol. The minimum Gasteiger partial charge on any atom is -0.392 e. The summed E-state index contributed by atoms with van der Waals surface area (Å²) in [5.41, 5.74) is 0.626. The Morgan fingerprint density at radius 1 is 1.33 bits per heavy atom. The minimum atomic E-state index is -0.549. The molecule has 2 rings (SSSR count). The van der Waals surface area contributed by atoms with Crippen molar-refractivity contribution in [1.82, 2.24) is 10.2 Å². The number of likely N-dealkylation sites (tertiary alicyclic amines) is 1. The number of aliphatic hydroxyl groups excluding tert-OH is 1. The molecular formula is C16H24F2N2O. The van der Waals surface area contributed by atoms with Gasteiger partial charge < -0.3 is 15.3 Å². The third-order valence-corrected chi connectivity index (χ3v) is 4.37. The van der Waals surface area contributed by atoms with Crippen molar-refractivity contribution in [1.29, 1.82) is 0 Å². The summed E-state index contributed by atoms with van der Waals surface area (Å²) in [6.45, 7) is 4.50. The Morgan fingerprint density at radius 3 is 2.57 bits per heavy atom. The lowest BCUT2D eigenvalue weighted by atomic mass is 9.95. The normalized spacial score (nSPS) is 25.0. The zero-order valence-corrected chi connectivity index (χ0v) is 12.6. The number of nitrogens with zero attached hydrogens (tertiary/aromatic N) is 1. The first-order valence-electron chi connectivity index (χ1n) is 7.53. The lowest BCUT2D eigenvalue weighted by Crippen LogP contribution is -2.43. The topological polar surface area (TPSA) is 35.5 Å². The van der Waals surface area contributed by atoms with Gasteiger partial charge in [0.2, 0.25) is 0 Å². The fourth-order valence-electron chi connectivity index (χ4n) is 2.88. The summed E-state index contributed by atoms with van der Waals surface area (Å²) < 4.78 is 26.6. The maximum absolute atomic E-state index is 13.3. The number of halogens is 2. The number of nitrogens with one attached hydrogen (secondary N) is 1. The molecule has 1 aromatic rings. The Kier molecular flexibility index (Phi) is 5.67. The number of benzene rings is 1. The van der Waals surface area contributed by atoms with Crippen molar-refractivity contribution in [3.05, 3.63) is 35.4 Å². The molecule has 0 aromatic heterocycles. The molecule has 1 aliphatic rings. The molecule has 1 aliphatic heterocycles. The van der Waals surface area contributed by atoms with Crippen molar-refractivity contribution >= 4 is 0 Å². The molecule has 0 radical (unpaired) electrons. The van der Waals surface area contributed by atoms with Crippen LogP contribution in [0.3, 0.4) is 0 Å². The largest absolute Gasteiger partial charge is 0.392 e. The Bertz CT molecular complexity index is 449. The number of hydrogen-bond acceptors (Lipinski definition) is 3. The molecule has 1 aromatic carbocycles. The first kappa shape index (κ1) is 16.3. The van der Waals surface area contributed by atoms with E-state index in [4.69, 9.17) is 0 Å². The maximum atomic E-state index is 13.3. The van der Waals surface area contributed by atoms with Crippen molar-refractivity contribution in [2.45, 2.75) is 31.9 Å². The quantitative estimate of drug-likeness (QED) is 0.876. The van der Waals surface area contributed by atoms with Crippen molar-refractivity contribution in [3.63, 3.8) is 0 Å². The van der Waals surface area contributed by atoms with Gasteiger partial charge in [0, 0.05) is 25.2 Å². The Hall–Kier alpha value is -1.04. The van der Waals surface area contributed by atoms with Crippen LogP contribution in [0.2, 0.25) is 0 Å². The number of hydrogen-bond donors (Lipinski definition) is 2. The molecule has 1 heterocycles. The molecule has 5 heteroatoms. The van der Waals surface area contributed by atoms with Gasteiger partial charge in [-0.2, -0.15) is 0 Å². The van der Waals surface area contributed by atoms with E-state index in [1.165, 1.54) is 12.1 Å². The van der Waals surface area contributed by atoms with E-state index in [9.17, 15) is 13.9 Å². The molecule has 0 saturated carbocycles. The van der Waals surface area contributed by atoms with Gasteiger partial charge in [-0.15, -0.1) is 0 Å². The SMILES string of the molecule is CNC(CCN1CCC(C)C(O)C1)c1cc(F)cc(F)c1. The van der Waals surface area contributed by atoms with Gasteiger partial charge in [0.25, 0.3) is 0 Å². The fraction of sp³-hybridized carbons (Fsp3) is 0.625. The predicted octanol–water partition coefficient (Wildman–Crippen LogP) is 2.32. The van der Waals surface area contributed by atoms with Crippen molar-refractivity contribution in [2.75, 3.05) is 26.7 Å². The first-order valence-corrected chi connectivity index (χ1v) is 7.53. The van der Waals surface area contributed by atoms with E-state index >= 15 is 0 Å². The van der Waals surface area contributed by atoms with Gasteiger partial charge in [0.1, 0.15) is 11.6 Å². The van der Waals surface area contributed by atoms with Crippen LogP contribution in [0.1, 0.15) is 31.4 Å². The number of rotatable bonds is 5. The summed E-state index contributed by atoms with van der Waals surface area (Å²) >= 11 is 0. The first-order chi connectivity index (χ1) is 9.99. The second-order valence-corrected chi connectivity index (χ2v) is 5.97. The molecule has 2 N–H and O–H groups in total. The summed E-state index contributed by atoms with van der Waals surface area (Å²) in [6, 6.07) is 3.54. The van der Waals surface area contributed by atoms with E-state index in [1.807, 2.05) is 0 Å². The second-order valence-electron chi connectivity index (χ2n) is 5.97. The van der Waals surface area contributed by atoms with E-state index in [0.717, 1.165) is 32.0 Å². The standard InChI is InChI=1S/C16H24F2N2O/c1-11-3-5-20(10-16(11)21)6-4-15(19-2)12-7-13(17)9-14(18)8-12/h7-9,11,15-16,19,21H,3-6,10H2,1-2H3. The molecule has 0 bridgehead atoms. The van der Waals surface area contributed by atoms with Crippen LogP contribution in [0, 0.1) is 17.6 Å². The van der Waals surface area contributed by atoms with Crippen LogP contribution in [0.5, 0.6) is 0 Å². The van der Waals surface area contributed by atoms with E-state index < -0.39 is 11.6 Å². The highest BCUT2D eigenvalue weighted by Gasteiger charge is 2.24. The molecular weight excluding hydrogens is 274 g/mol. The Labute approximate surface area is 125 Å². The molecule has 0 spiro atoms. The van der Waals surface area contributed by atoms with Crippen LogP contribution in [-0.2, 0) is 0 Å². The summed E-state index contributed by atoms with van der Waals surface area (Å²) in [5, 5.41) is 13.0. The Balaban J connectivity index is 1.93. The fourth-order valence-corrected chi connectivity index (χ4v) is 2.88. The average Bonchev–Trinajstić information content (AvgIpc) is 2.42. The monoisotopic (exact) mass is 298 g/mol. The van der Waals surface area contributed by atoms with Crippen LogP contribution >= 0.6 is 0 Å². The highest BCUT2D eigenvalue weighted by molar-refractivity contribution is 5.21. The van der Waals surface area contributed by atoms with E-state index in [-0.39, 0.29) is 12.1 Å². The average molecular weight is 298 g/mol. The summed E-state index contributed by atoms with van der Waals surface area (Å²) in [4.78, 5) is 2.21. The molecule has 3 atom stereocenters. The second kappa shape index (κ2) is 7.29. The molecule has 21 heavy (non-hydrogen) atoms. The highest BCUT2D eigenvalue weighted by atomic mass is 19.1. The van der Waals surface area contributed by atoms with E-state index in [2.05, 4.69) is 17.1 Å². The highest BCUT2D eigenvalue weighted by Crippen LogP contribution is 2.22. The van der Waals surface area contributed by atoms with Crippen LogP contribution in [0.4, 0.5) is 8.78 Å². The molecule has 118 valence electrons.